The first kappa shape index (κ1) is 13.6. The van der Waals surface area contributed by atoms with Gasteiger partial charge in [0.2, 0.25) is 0 Å². The number of alkyl halides is 3. The average Bonchev–Trinajstić information content (AvgIpc) is 2.38. The molecular formula is C15H14F3N. The number of hydrogen-bond donors (Lipinski definition) is 1. The molecule has 0 heterocycles. The number of rotatable bonds is 2. The van der Waals surface area contributed by atoms with Crippen LogP contribution in [0.25, 0.3) is 0 Å². The molecule has 0 amide bonds. The SMILES string of the molecule is Cc1ccc([C@](N)(c2ccccc2)C(F)(F)F)cc1. The van der Waals surface area contributed by atoms with Gasteiger partial charge in [-0.15, -0.1) is 0 Å². The standard InChI is InChI=1S/C15H14F3N/c1-11-7-9-13(10-8-11)14(19,15(16,17)18)12-5-3-2-4-6-12/h2-10H,19H2,1H3/t14-/m1/s1. The predicted molar refractivity (Wildman–Crippen MR) is 68.6 cm³/mol. The Balaban J connectivity index is 2.63. The highest BCUT2D eigenvalue weighted by atomic mass is 19.4. The minimum Gasteiger partial charge on any atom is -0.310 e. The Bertz CT molecular complexity index is 546. The molecule has 0 aliphatic carbocycles. The van der Waals surface area contributed by atoms with Gasteiger partial charge in [0.05, 0.1) is 0 Å². The van der Waals surface area contributed by atoms with Crippen LogP contribution in [0.2, 0.25) is 0 Å². The molecule has 2 aromatic rings. The third-order valence-electron chi connectivity index (χ3n) is 3.18. The second-order valence-corrected chi connectivity index (χ2v) is 4.54. The van der Waals surface area contributed by atoms with Gasteiger partial charge in [0.25, 0.3) is 0 Å². The van der Waals surface area contributed by atoms with Gasteiger partial charge in [0.1, 0.15) is 0 Å². The monoisotopic (exact) mass is 265 g/mol. The molecule has 100 valence electrons. The van der Waals surface area contributed by atoms with E-state index in [1.54, 1.807) is 30.3 Å². The summed E-state index contributed by atoms with van der Waals surface area (Å²) in [6, 6.07) is 13.7. The van der Waals surface area contributed by atoms with Crippen LogP contribution >= 0.6 is 0 Å². The van der Waals surface area contributed by atoms with Crippen molar-refractivity contribution in [3.8, 4) is 0 Å². The Morgan fingerprint density at radius 2 is 1.26 bits per heavy atom. The van der Waals surface area contributed by atoms with Crippen LogP contribution < -0.4 is 5.73 Å². The Labute approximate surface area is 109 Å². The number of aryl methyl sites for hydroxylation is 1. The second kappa shape index (κ2) is 4.70. The first-order valence-electron chi connectivity index (χ1n) is 5.84. The van der Waals surface area contributed by atoms with Crippen LogP contribution in [-0.4, -0.2) is 6.18 Å². The zero-order chi connectivity index (χ0) is 14.1. The molecule has 2 aromatic carbocycles. The van der Waals surface area contributed by atoms with E-state index in [0.29, 0.717) is 0 Å². The van der Waals surface area contributed by atoms with Crippen molar-refractivity contribution in [2.24, 2.45) is 5.73 Å². The quantitative estimate of drug-likeness (QED) is 0.879. The van der Waals surface area contributed by atoms with Crippen LogP contribution in [0.15, 0.2) is 54.6 Å². The first-order chi connectivity index (χ1) is 8.85. The van der Waals surface area contributed by atoms with Crippen molar-refractivity contribution in [2.75, 3.05) is 0 Å². The molecule has 0 spiro atoms. The van der Waals surface area contributed by atoms with Gasteiger partial charge in [0, 0.05) is 0 Å². The Morgan fingerprint density at radius 1 is 0.789 bits per heavy atom. The fraction of sp³-hybridized carbons (Fsp3) is 0.200. The van der Waals surface area contributed by atoms with Crippen molar-refractivity contribution < 1.29 is 13.2 Å². The highest BCUT2D eigenvalue weighted by Gasteiger charge is 2.54. The van der Waals surface area contributed by atoms with Crippen LogP contribution in [0, 0.1) is 6.92 Å². The number of halogens is 3. The molecule has 1 atom stereocenters. The van der Waals surface area contributed by atoms with Crippen LogP contribution in [-0.2, 0) is 5.54 Å². The second-order valence-electron chi connectivity index (χ2n) is 4.54. The molecule has 0 aliphatic rings. The summed E-state index contributed by atoms with van der Waals surface area (Å²) in [7, 11) is 0. The third-order valence-corrected chi connectivity index (χ3v) is 3.18. The highest BCUT2D eigenvalue weighted by Crippen LogP contribution is 2.41. The van der Waals surface area contributed by atoms with Gasteiger partial charge in [-0.2, -0.15) is 13.2 Å². The average molecular weight is 265 g/mol. The minimum absolute atomic E-state index is 0.0337. The summed E-state index contributed by atoms with van der Waals surface area (Å²) in [6.45, 7) is 1.82. The van der Waals surface area contributed by atoms with Crippen molar-refractivity contribution in [1.82, 2.24) is 0 Å². The van der Waals surface area contributed by atoms with Gasteiger partial charge >= 0.3 is 6.18 Å². The maximum Gasteiger partial charge on any atom is 0.414 e. The van der Waals surface area contributed by atoms with Crippen LogP contribution in [0.1, 0.15) is 16.7 Å². The largest absolute Gasteiger partial charge is 0.414 e. The summed E-state index contributed by atoms with van der Waals surface area (Å²) in [5.41, 5.74) is 4.22. The summed E-state index contributed by atoms with van der Waals surface area (Å²) in [5, 5.41) is 0. The summed E-state index contributed by atoms with van der Waals surface area (Å²) < 4.78 is 40.4. The molecule has 0 radical (unpaired) electrons. The number of hydrogen-bond acceptors (Lipinski definition) is 1. The smallest absolute Gasteiger partial charge is 0.310 e. The van der Waals surface area contributed by atoms with Crippen molar-refractivity contribution in [2.45, 2.75) is 18.6 Å². The van der Waals surface area contributed by atoms with Gasteiger partial charge in [-0.3, -0.25) is 0 Å². The Kier molecular flexibility index (Phi) is 3.37. The van der Waals surface area contributed by atoms with Crippen molar-refractivity contribution >= 4 is 0 Å². The molecule has 1 nitrogen and oxygen atoms in total. The van der Waals surface area contributed by atoms with E-state index in [9.17, 15) is 13.2 Å². The van der Waals surface area contributed by atoms with Crippen molar-refractivity contribution in [3.05, 3.63) is 71.3 Å². The van der Waals surface area contributed by atoms with Crippen molar-refractivity contribution in [3.63, 3.8) is 0 Å². The molecule has 0 saturated heterocycles. The van der Waals surface area contributed by atoms with E-state index >= 15 is 0 Å². The Hall–Kier alpha value is -1.81. The van der Waals surface area contributed by atoms with E-state index in [1.165, 1.54) is 24.3 Å². The zero-order valence-corrected chi connectivity index (χ0v) is 10.4. The predicted octanol–water partition coefficient (Wildman–Crippen LogP) is 3.76. The summed E-state index contributed by atoms with van der Waals surface area (Å²) in [5.74, 6) is 0. The molecule has 0 aromatic heterocycles. The van der Waals surface area contributed by atoms with E-state index in [4.69, 9.17) is 5.73 Å². The molecule has 2 rings (SSSR count). The Morgan fingerprint density at radius 3 is 1.74 bits per heavy atom. The molecule has 0 aliphatic heterocycles. The van der Waals surface area contributed by atoms with E-state index in [1.807, 2.05) is 6.92 Å². The zero-order valence-electron chi connectivity index (χ0n) is 10.4. The van der Waals surface area contributed by atoms with Gasteiger partial charge in [-0.05, 0) is 18.1 Å². The molecule has 19 heavy (non-hydrogen) atoms. The topological polar surface area (TPSA) is 26.0 Å². The van der Waals surface area contributed by atoms with Crippen molar-refractivity contribution in [1.29, 1.82) is 0 Å². The van der Waals surface area contributed by atoms with E-state index in [0.717, 1.165) is 5.56 Å². The molecular weight excluding hydrogens is 251 g/mol. The van der Waals surface area contributed by atoms with Gasteiger partial charge < -0.3 is 5.73 Å². The number of nitrogens with two attached hydrogens (primary N) is 1. The lowest BCUT2D eigenvalue weighted by molar-refractivity contribution is -0.176. The van der Waals surface area contributed by atoms with Crippen LogP contribution in [0.5, 0.6) is 0 Å². The van der Waals surface area contributed by atoms with Crippen LogP contribution in [0.3, 0.4) is 0 Å². The fourth-order valence-corrected chi connectivity index (χ4v) is 2.01. The lowest BCUT2D eigenvalue weighted by Gasteiger charge is -2.33. The maximum atomic E-state index is 13.5. The molecule has 0 bridgehead atoms. The summed E-state index contributed by atoms with van der Waals surface area (Å²) in [6.07, 6.45) is -4.57. The molecule has 0 saturated carbocycles. The minimum atomic E-state index is -4.57. The van der Waals surface area contributed by atoms with Gasteiger partial charge in [-0.25, -0.2) is 0 Å². The maximum absolute atomic E-state index is 13.5. The third kappa shape index (κ3) is 2.36. The van der Waals surface area contributed by atoms with E-state index in [2.05, 4.69) is 0 Å². The normalized spacial score (nSPS) is 15.0. The number of benzene rings is 2. The molecule has 0 unspecified atom stereocenters. The van der Waals surface area contributed by atoms with E-state index < -0.39 is 11.7 Å². The lowest BCUT2D eigenvalue weighted by Crippen LogP contribution is -2.51. The first-order valence-corrected chi connectivity index (χ1v) is 5.84. The fourth-order valence-electron chi connectivity index (χ4n) is 2.01. The van der Waals surface area contributed by atoms with Gasteiger partial charge in [0.15, 0.2) is 5.54 Å². The molecule has 2 N–H and O–H groups in total. The molecule has 0 fully saturated rings. The molecule has 4 heteroatoms. The van der Waals surface area contributed by atoms with Crippen LogP contribution in [0.4, 0.5) is 13.2 Å². The lowest BCUT2D eigenvalue weighted by atomic mass is 9.83. The van der Waals surface area contributed by atoms with E-state index in [-0.39, 0.29) is 11.1 Å². The summed E-state index contributed by atoms with van der Waals surface area (Å²) in [4.78, 5) is 0. The highest BCUT2D eigenvalue weighted by molar-refractivity contribution is 5.40. The summed E-state index contributed by atoms with van der Waals surface area (Å²) >= 11 is 0. The van der Waals surface area contributed by atoms with Gasteiger partial charge in [-0.1, -0.05) is 60.2 Å².